The largest absolute Gasteiger partial charge is 0.444 e. The Labute approximate surface area is 236 Å². The SMILES string of the molecule is CC(C)(C)OC(=O)N1CCC(n2ncc(CNc3cccc4c3C(=O)N(C3CCC(=O)NC3=O)C4=O)c2C#N)CC1. The molecular weight excluding hydrogens is 530 g/mol. The Morgan fingerprint density at radius 3 is 2.54 bits per heavy atom. The maximum Gasteiger partial charge on any atom is 0.410 e. The van der Waals surface area contributed by atoms with Gasteiger partial charge in [-0.05, 0) is 52.2 Å². The number of fused-ring (bicyclic) bond motifs is 1. The second kappa shape index (κ2) is 10.7. The van der Waals surface area contributed by atoms with Crippen molar-refractivity contribution < 1.29 is 28.7 Å². The molecule has 1 aromatic heterocycles. The fourth-order valence-corrected chi connectivity index (χ4v) is 5.40. The minimum atomic E-state index is -1.06. The molecule has 2 aromatic rings. The summed E-state index contributed by atoms with van der Waals surface area (Å²) in [5.74, 6) is -2.32. The van der Waals surface area contributed by atoms with Gasteiger partial charge in [-0.1, -0.05) is 6.07 Å². The highest BCUT2D eigenvalue weighted by molar-refractivity contribution is 6.25. The number of amides is 5. The minimum Gasteiger partial charge on any atom is -0.444 e. The Balaban J connectivity index is 1.28. The van der Waals surface area contributed by atoms with Crippen LogP contribution in [-0.4, -0.2) is 74.0 Å². The molecule has 4 heterocycles. The third kappa shape index (κ3) is 5.37. The summed E-state index contributed by atoms with van der Waals surface area (Å²) in [6.07, 6.45) is 2.57. The van der Waals surface area contributed by atoms with Crippen LogP contribution < -0.4 is 10.6 Å². The first-order chi connectivity index (χ1) is 19.5. The van der Waals surface area contributed by atoms with Gasteiger partial charge in [-0.3, -0.25) is 34.1 Å². The maximum absolute atomic E-state index is 13.3. The van der Waals surface area contributed by atoms with Gasteiger partial charge >= 0.3 is 6.09 Å². The van der Waals surface area contributed by atoms with E-state index in [1.165, 1.54) is 6.07 Å². The normalized spacial score (nSPS) is 19.6. The van der Waals surface area contributed by atoms with Gasteiger partial charge in [-0.15, -0.1) is 0 Å². The Kier molecular flexibility index (Phi) is 7.25. The van der Waals surface area contributed by atoms with E-state index in [1.54, 1.807) is 27.9 Å². The van der Waals surface area contributed by atoms with Crippen LogP contribution >= 0.6 is 0 Å². The summed E-state index contributed by atoms with van der Waals surface area (Å²) in [4.78, 5) is 65.4. The molecule has 13 nitrogen and oxygen atoms in total. The molecule has 0 saturated carbocycles. The molecule has 5 amide bonds. The number of benzene rings is 1. The second-order valence-corrected chi connectivity index (χ2v) is 11.3. The molecule has 1 atom stereocenters. The molecule has 0 bridgehead atoms. The zero-order valence-corrected chi connectivity index (χ0v) is 23.1. The summed E-state index contributed by atoms with van der Waals surface area (Å²) in [7, 11) is 0. The van der Waals surface area contributed by atoms with Crippen LogP contribution in [0, 0.1) is 11.3 Å². The van der Waals surface area contributed by atoms with Crippen molar-refractivity contribution in [3.05, 3.63) is 46.8 Å². The van der Waals surface area contributed by atoms with Gasteiger partial charge < -0.3 is 15.0 Å². The van der Waals surface area contributed by atoms with Crippen molar-refractivity contribution in [1.29, 1.82) is 5.26 Å². The van der Waals surface area contributed by atoms with Crippen molar-refractivity contribution in [1.82, 2.24) is 24.9 Å². The van der Waals surface area contributed by atoms with E-state index in [-0.39, 0.29) is 42.6 Å². The maximum atomic E-state index is 13.3. The average molecular weight is 562 g/mol. The topological polar surface area (TPSA) is 167 Å². The van der Waals surface area contributed by atoms with Crippen LogP contribution in [0.4, 0.5) is 10.5 Å². The molecule has 41 heavy (non-hydrogen) atoms. The Bertz CT molecular complexity index is 1480. The fourth-order valence-electron chi connectivity index (χ4n) is 5.40. The van der Waals surface area contributed by atoms with Crippen LogP contribution in [-0.2, 0) is 20.9 Å². The van der Waals surface area contributed by atoms with Gasteiger partial charge in [0.15, 0.2) is 0 Å². The number of hydrogen-bond acceptors (Lipinski definition) is 9. The van der Waals surface area contributed by atoms with Gasteiger partial charge in [0.05, 0.1) is 23.4 Å². The first-order valence-corrected chi connectivity index (χ1v) is 13.5. The molecule has 2 N–H and O–H groups in total. The number of hydrogen-bond donors (Lipinski definition) is 2. The number of nitriles is 1. The molecule has 214 valence electrons. The summed E-state index contributed by atoms with van der Waals surface area (Å²) in [6, 6.07) is 5.90. The number of rotatable bonds is 5. The number of ether oxygens (including phenoxy) is 1. The lowest BCUT2D eigenvalue weighted by molar-refractivity contribution is -0.136. The van der Waals surface area contributed by atoms with Gasteiger partial charge in [0.25, 0.3) is 11.8 Å². The third-order valence-electron chi connectivity index (χ3n) is 7.38. The van der Waals surface area contributed by atoms with E-state index in [0.29, 0.717) is 42.9 Å². The number of piperidine rings is 2. The van der Waals surface area contributed by atoms with Gasteiger partial charge in [-0.2, -0.15) is 10.4 Å². The van der Waals surface area contributed by atoms with Crippen molar-refractivity contribution in [3.63, 3.8) is 0 Å². The number of nitrogens with zero attached hydrogens (tertiary/aromatic N) is 5. The van der Waals surface area contributed by atoms with E-state index in [4.69, 9.17) is 4.74 Å². The highest BCUT2D eigenvalue weighted by Crippen LogP contribution is 2.33. The van der Waals surface area contributed by atoms with E-state index in [2.05, 4.69) is 21.8 Å². The van der Waals surface area contributed by atoms with Crippen LogP contribution in [0.3, 0.4) is 0 Å². The quantitative estimate of drug-likeness (QED) is 0.521. The molecule has 1 aromatic carbocycles. The average Bonchev–Trinajstić information content (AvgIpc) is 3.45. The van der Waals surface area contributed by atoms with E-state index < -0.39 is 35.3 Å². The molecule has 1 unspecified atom stereocenters. The van der Waals surface area contributed by atoms with Crippen molar-refractivity contribution in [2.24, 2.45) is 0 Å². The summed E-state index contributed by atoms with van der Waals surface area (Å²) in [6.45, 7) is 6.59. The second-order valence-electron chi connectivity index (χ2n) is 11.3. The van der Waals surface area contributed by atoms with Crippen LogP contribution in [0.1, 0.15) is 84.5 Å². The summed E-state index contributed by atoms with van der Waals surface area (Å²) in [5.41, 5.74) is 1.09. The van der Waals surface area contributed by atoms with Crippen molar-refractivity contribution in [3.8, 4) is 6.07 Å². The summed E-state index contributed by atoms with van der Waals surface area (Å²) in [5, 5.41) is 19.8. The summed E-state index contributed by atoms with van der Waals surface area (Å²) >= 11 is 0. The van der Waals surface area contributed by atoms with Crippen LogP contribution in [0.2, 0.25) is 0 Å². The predicted octanol–water partition coefficient (Wildman–Crippen LogP) is 2.34. The third-order valence-corrected chi connectivity index (χ3v) is 7.38. The smallest absolute Gasteiger partial charge is 0.410 e. The fraction of sp³-hybridized carbons (Fsp3) is 0.464. The van der Waals surface area contributed by atoms with E-state index in [9.17, 15) is 29.2 Å². The molecule has 0 radical (unpaired) electrons. The molecule has 0 aliphatic carbocycles. The van der Waals surface area contributed by atoms with Crippen molar-refractivity contribution >= 4 is 35.4 Å². The molecule has 2 saturated heterocycles. The van der Waals surface area contributed by atoms with E-state index in [1.807, 2.05) is 20.8 Å². The monoisotopic (exact) mass is 561 g/mol. The lowest BCUT2D eigenvalue weighted by Crippen LogP contribution is -2.54. The number of anilines is 1. The highest BCUT2D eigenvalue weighted by atomic mass is 16.6. The number of likely N-dealkylation sites (tertiary alicyclic amines) is 1. The van der Waals surface area contributed by atoms with Crippen molar-refractivity contribution in [2.45, 2.75) is 70.7 Å². The molecule has 13 heteroatoms. The molecule has 2 fully saturated rings. The van der Waals surface area contributed by atoms with Crippen LogP contribution in [0.25, 0.3) is 0 Å². The van der Waals surface area contributed by atoms with E-state index in [0.717, 1.165) is 4.90 Å². The lowest BCUT2D eigenvalue weighted by Gasteiger charge is -2.33. The van der Waals surface area contributed by atoms with Crippen LogP contribution in [0.15, 0.2) is 24.4 Å². The van der Waals surface area contributed by atoms with Gasteiger partial charge in [0.1, 0.15) is 23.4 Å². The summed E-state index contributed by atoms with van der Waals surface area (Å²) < 4.78 is 7.14. The van der Waals surface area contributed by atoms with Gasteiger partial charge in [0.2, 0.25) is 11.8 Å². The standard InChI is InChI=1S/C28H31N7O6/c1-28(2,3)41-27(40)33-11-9-17(10-12-33)35-21(13-29)16(15-31-35)14-30-19-6-4-5-18-23(19)26(39)34(25(18)38)20-7-8-22(36)32-24(20)37/h4-6,15,17,20,30H,7-12,14H2,1-3H3,(H,32,36,37). The first-order valence-electron chi connectivity index (χ1n) is 13.5. The highest BCUT2D eigenvalue weighted by Gasteiger charge is 2.45. The zero-order valence-electron chi connectivity index (χ0n) is 23.1. The van der Waals surface area contributed by atoms with Crippen molar-refractivity contribution in [2.75, 3.05) is 18.4 Å². The number of carbonyl (C=O) groups excluding carboxylic acids is 5. The number of aromatic nitrogens is 2. The Hall–Kier alpha value is -4.73. The zero-order chi connectivity index (χ0) is 29.5. The van der Waals surface area contributed by atoms with Gasteiger partial charge in [0, 0.05) is 37.3 Å². The Morgan fingerprint density at radius 2 is 1.88 bits per heavy atom. The molecule has 5 rings (SSSR count). The molecule has 0 spiro atoms. The predicted molar refractivity (Wildman–Crippen MR) is 143 cm³/mol. The lowest BCUT2D eigenvalue weighted by atomic mass is 10.0. The number of nitrogens with one attached hydrogen (secondary N) is 2. The van der Waals surface area contributed by atoms with Crippen LogP contribution in [0.5, 0.6) is 0 Å². The molecular formula is C28H31N7O6. The Morgan fingerprint density at radius 1 is 1.15 bits per heavy atom. The van der Waals surface area contributed by atoms with E-state index >= 15 is 0 Å². The van der Waals surface area contributed by atoms with Gasteiger partial charge in [-0.25, -0.2) is 4.79 Å². The minimum absolute atomic E-state index is 0.0376. The molecule has 3 aliphatic heterocycles. The molecule has 3 aliphatic rings. The number of imide groups is 2. The number of carbonyl (C=O) groups is 5. The first kappa shape index (κ1) is 27.8.